The number of benzene rings is 1. The van der Waals surface area contributed by atoms with Crippen molar-refractivity contribution in [3.8, 4) is 11.3 Å². The molecule has 100 valence electrons. The molecule has 2 rings (SSSR count). The number of halogens is 1. The van der Waals surface area contributed by atoms with E-state index in [2.05, 4.69) is 4.98 Å². The molecule has 0 saturated heterocycles. The predicted molar refractivity (Wildman–Crippen MR) is 72.5 cm³/mol. The molecule has 0 saturated carbocycles. The number of nitrogens with two attached hydrogens (primary N) is 1. The van der Waals surface area contributed by atoms with Crippen LogP contribution in [0.5, 0.6) is 0 Å². The smallest absolute Gasteiger partial charge is 0.231 e. The van der Waals surface area contributed by atoms with Crippen molar-refractivity contribution in [1.82, 2.24) is 9.88 Å². The second kappa shape index (κ2) is 5.86. The minimum atomic E-state index is -0.382. The molecule has 0 aliphatic carbocycles. The highest BCUT2D eigenvalue weighted by molar-refractivity contribution is 6.30. The second-order valence-electron chi connectivity index (χ2n) is 4.26. The standard InChI is InChI=1S/C13H14ClN3O2/c1-17(7-12(15)18)8-13-16-6-11(19-13)9-2-4-10(14)5-3-9/h2-6H,7-8H2,1H3,(H2,15,18). The Morgan fingerprint density at radius 2 is 2.11 bits per heavy atom. The summed E-state index contributed by atoms with van der Waals surface area (Å²) in [7, 11) is 1.77. The Kier molecular flexibility index (Phi) is 4.19. The van der Waals surface area contributed by atoms with Crippen LogP contribution in [-0.2, 0) is 11.3 Å². The molecule has 0 bridgehead atoms. The first-order valence-corrected chi connectivity index (χ1v) is 6.10. The van der Waals surface area contributed by atoms with Crippen molar-refractivity contribution in [3.05, 3.63) is 41.4 Å². The number of oxazole rings is 1. The highest BCUT2D eigenvalue weighted by atomic mass is 35.5. The lowest BCUT2D eigenvalue weighted by molar-refractivity contribution is -0.119. The summed E-state index contributed by atoms with van der Waals surface area (Å²) in [6.45, 7) is 0.592. The molecule has 0 atom stereocenters. The van der Waals surface area contributed by atoms with E-state index in [1.54, 1.807) is 30.3 Å². The zero-order valence-corrected chi connectivity index (χ0v) is 11.2. The lowest BCUT2D eigenvalue weighted by Gasteiger charge is -2.11. The van der Waals surface area contributed by atoms with Crippen molar-refractivity contribution >= 4 is 17.5 Å². The van der Waals surface area contributed by atoms with Crippen LogP contribution >= 0.6 is 11.6 Å². The maximum Gasteiger partial charge on any atom is 0.231 e. The molecule has 0 aliphatic heterocycles. The van der Waals surface area contributed by atoms with E-state index in [0.29, 0.717) is 23.2 Å². The number of carbonyl (C=O) groups excluding carboxylic acids is 1. The molecule has 0 radical (unpaired) electrons. The van der Waals surface area contributed by atoms with Gasteiger partial charge in [-0.1, -0.05) is 11.6 Å². The molecule has 2 aromatic rings. The lowest BCUT2D eigenvalue weighted by atomic mass is 10.2. The first kappa shape index (κ1) is 13.6. The molecule has 0 spiro atoms. The molecule has 1 amide bonds. The molecule has 1 aromatic carbocycles. The minimum absolute atomic E-state index is 0.165. The number of primary amides is 1. The first-order chi connectivity index (χ1) is 9.04. The Morgan fingerprint density at radius 3 is 2.74 bits per heavy atom. The van der Waals surface area contributed by atoms with E-state index in [1.165, 1.54) is 0 Å². The summed E-state index contributed by atoms with van der Waals surface area (Å²) in [4.78, 5) is 16.7. The lowest BCUT2D eigenvalue weighted by Crippen LogP contribution is -2.30. The van der Waals surface area contributed by atoms with Gasteiger partial charge in [0.1, 0.15) is 0 Å². The number of hydrogen-bond donors (Lipinski definition) is 1. The summed E-state index contributed by atoms with van der Waals surface area (Å²) in [6, 6.07) is 7.30. The molecule has 0 aliphatic rings. The van der Waals surface area contributed by atoms with E-state index in [4.69, 9.17) is 21.8 Å². The van der Waals surface area contributed by atoms with E-state index in [1.807, 2.05) is 12.1 Å². The quantitative estimate of drug-likeness (QED) is 0.907. The summed E-state index contributed by atoms with van der Waals surface area (Å²) < 4.78 is 5.61. The molecule has 19 heavy (non-hydrogen) atoms. The third-order valence-electron chi connectivity index (χ3n) is 2.51. The van der Waals surface area contributed by atoms with Crippen molar-refractivity contribution < 1.29 is 9.21 Å². The zero-order valence-electron chi connectivity index (χ0n) is 10.5. The van der Waals surface area contributed by atoms with Crippen molar-refractivity contribution in [2.45, 2.75) is 6.54 Å². The average Bonchev–Trinajstić information content (AvgIpc) is 2.77. The molecule has 0 unspecified atom stereocenters. The van der Waals surface area contributed by atoms with Gasteiger partial charge in [0.25, 0.3) is 0 Å². The zero-order chi connectivity index (χ0) is 13.8. The van der Waals surface area contributed by atoms with Gasteiger partial charge in [-0.05, 0) is 31.3 Å². The first-order valence-electron chi connectivity index (χ1n) is 5.72. The van der Waals surface area contributed by atoms with Crippen LogP contribution in [0.1, 0.15) is 5.89 Å². The number of hydrogen-bond acceptors (Lipinski definition) is 4. The number of nitrogens with zero attached hydrogens (tertiary/aromatic N) is 2. The monoisotopic (exact) mass is 279 g/mol. The fourth-order valence-corrected chi connectivity index (χ4v) is 1.81. The molecular formula is C13H14ClN3O2. The normalized spacial score (nSPS) is 10.9. The van der Waals surface area contributed by atoms with Gasteiger partial charge in [-0.2, -0.15) is 0 Å². The Balaban J connectivity index is 2.06. The molecule has 5 nitrogen and oxygen atoms in total. The van der Waals surface area contributed by atoms with Crippen LogP contribution in [0.25, 0.3) is 11.3 Å². The summed E-state index contributed by atoms with van der Waals surface area (Å²) in [6.07, 6.45) is 1.65. The Morgan fingerprint density at radius 1 is 1.42 bits per heavy atom. The maximum atomic E-state index is 10.8. The molecular weight excluding hydrogens is 266 g/mol. The fourth-order valence-electron chi connectivity index (χ4n) is 1.68. The van der Waals surface area contributed by atoms with Gasteiger partial charge < -0.3 is 10.2 Å². The van der Waals surface area contributed by atoms with Gasteiger partial charge >= 0.3 is 0 Å². The van der Waals surface area contributed by atoms with E-state index in [0.717, 1.165) is 5.56 Å². The highest BCUT2D eigenvalue weighted by Gasteiger charge is 2.10. The van der Waals surface area contributed by atoms with Crippen LogP contribution in [0.2, 0.25) is 5.02 Å². The highest BCUT2D eigenvalue weighted by Crippen LogP contribution is 2.22. The van der Waals surface area contributed by atoms with Gasteiger partial charge in [0.2, 0.25) is 11.8 Å². The molecule has 2 N–H and O–H groups in total. The molecule has 6 heteroatoms. The van der Waals surface area contributed by atoms with Crippen molar-refractivity contribution in [2.75, 3.05) is 13.6 Å². The third kappa shape index (κ3) is 3.81. The largest absolute Gasteiger partial charge is 0.439 e. The Bertz CT molecular complexity index is 566. The van der Waals surface area contributed by atoms with Gasteiger partial charge in [0.15, 0.2) is 5.76 Å². The second-order valence-corrected chi connectivity index (χ2v) is 4.70. The summed E-state index contributed by atoms with van der Waals surface area (Å²) in [5, 5.41) is 0.671. The van der Waals surface area contributed by atoms with Crippen LogP contribution < -0.4 is 5.73 Å². The third-order valence-corrected chi connectivity index (χ3v) is 2.77. The van der Waals surface area contributed by atoms with Crippen LogP contribution in [0.4, 0.5) is 0 Å². The number of aromatic nitrogens is 1. The van der Waals surface area contributed by atoms with E-state index >= 15 is 0 Å². The van der Waals surface area contributed by atoms with Gasteiger partial charge in [0.05, 0.1) is 19.3 Å². The van der Waals surface area contributed by atoms with Gasteiger partial charge in [0, 0.05) is 10.6 Å². The molecule has 1 heterocycles. The average molecular weight is 280 g/mol. The minimum Gasteiger partial charge on any atom is -0.439 e. The van der Waals surface area contributed by atoms with E-state index < -0.39 is 0 Å². The number of likely N-dealkylation sites (N-methyl/N-ethyl adjacent to an activating group) is 1. The Hall–Kier alpha value is -1.85. The summed E-state index contributed by atoms with van der Waals surface area (Å²) in [5.41, 5.74) is 6.02. The Labute approximate surface area is 116 Å². The fraction of sp³-hybridized carbons (Fsp3) is 0.231. The van der Waals surface area contributed by atoms with Crippen molar-refractivity contribution in [2.24, 2.45) is 5.73 Å². The van der Waals surface area contributed by atoms with E-state index in [-0.39, 0.29) is 12.5 Å². The van der Waals surface area contributed by atoms with E-state index in [9.17, 15) is 4.79 Å². The van der Waals surface area contributed by atoms with Gasteiger partial charge in [-0.15, -0.1) is 0 Å². The van der Waals surface area contributed by atoms with Crippen LogP contribution in [0.3, 0.4) is 0 Å². The van der Waals surface area contributed by atoms with Gasteiger partial charge in [-0.25, -0.2) is 4.98 Å². The SMILES string of the molecule is CN(CC(N)=O)Cc1ncc(-c2ccc(Cl)cc2)o1. The number of amides is 1. The summed E-state index contributed by atoms with van der Waals surface area (Å²) in [5.74, 6) is 0.819. The predicted octanol–water partition coefficient (Wildman–Crippen LogP) is 1.91. The van der Waals surface area contributed by atoms with Crippen LogP contribution in [0, 0.1) is 0 Å². The maximum absolute atomic E-state index is 10.8. The number of rotatable bonds is 5. The van der Waals surface area contributed by atoms with Gasteiger partial charge in [-0.3, -0.25) is 9.69 Å². The molecule has 1 aromatic heterocycles. The molecule has 0 fully saturated rings. The number of carbonyl (C=O) groups is 1. The topological polar surface area (TPSA) is 72.4 Å². The van der Waals surface area contributed by atoms with Crippen LogP contribution in [0.15, 0.2) is 34.9 Å². The van der Waals surface area contributed by atoms with Crippen molar-refractivity contribution in [1.29, 1.82) is 0 Å². The van der Waals surface area contributed by atoms with Crippen molar-refractivity contribution in [3.63, 3.8) is 0 Å². The van der Waals surface area contributed by atoms with Crippen LogP contribution in [-0.4, -0.2) is 29.4 Å². The summed E-state index contributed by atoms with van der Waals surface area (Å²) >= 11 is 5.82.